The van der Waals surface area contributed by atoms with Crippen LogP contribution in [0.1, 0.15) is 5.56 Å². The van der Waals surface area contributed by atoms with Gasteiger partial charge in [0.1, 0.15) is 5.84 Å². The zero-order valence-corrected chi connectivity index (χ0v) is 15.6. The monoisotopic (exact) mass is 358 g/mol. The smallest absolute Gasteiger partial charge is 0.129 e. The Morgan fingerprint density at radius 2 is 1.42 bits per heavy atom. The fraction of sp³-hybridized carbons (Fsp3) is 0.0870. The molecule has 0 amide bonds. The average molecular weight is 359 g/mol. The van der Waals surface area contributed by atoms with Gasteiger partial charge in [0.25, 0.3) is 0 Å². The summed E-state index contributed by atoms with van der Waals surface area (Å²) < 4.78 is 0. The quantitative estimate of drug-likeness (QED) is 0.298. The van der Waals surface area contributed by atoms with E-state index in [4.69, 9.17) is 4.99 Å². The maximum atomic E-state index is 4.83. The van der Waals surface area contributed by atoms with Crippen LogP contribution in [0.15, 0.2) is 112 Å². The minimum atomic E-state index is 0.812. The molecular weight excluding hydrogens is 336 g/mol. The molecule has 0 aliphatic heterocycles. The summed E-state index contributed by atoms with van der Waals surface area (Å²) in [6.07, 6.45) is 2.08. The molecule has 26 heavy (non-hydrogen) atoms. The number of nitrogens with zero attached hydrogens (tertiary/aromatic N) is 2. The van der Waals surface area contributed by atoms with Gasteiger partial charge >= 0.3 is 0 Å². The molecule has 0 saturated heterocycles. The Morgan fingerprint density at radius 1 is 0.846 bits per heavy atom. The zero-order valence-electron chi connectivity index (χ0n) is 14.8. The maximum absolute atomic E-state index is 4.83. The van der Waals surface area contributed by atoms with Crippen molar-refractivity contribution in [2.45, 2.75) is 11.4 Å². The van der Waals surface area contributed by atoms with Crippen molar-refractivity contribution in [3.63, 3.8) is 0 Å². The Hall–Kier alpha value is -2.78. The molecule has 0 bridgehead atoms. The molecule has 0 spiro atoms. The van der Waals surface area contributed by atoms with E-state index in [9.17, 15) is 0 Å². The number of likely N-dealkylation sites (N-methyl/N-ethyl adjacent to an activating group) is 1. The fourth-order valence-corrected chi connectivity index (χ4v) is 3.16. The van der Waals surface area contributed by atoms with Gasteiger partial charge in [0.15, 0.2) is 0 Å². The van der Waals surface area contributed by atoms with E-state index in [0.29, 0.717) is 0 Å². The van der Waals surface area contributed by atoms with Crippen LogP contribution in [-0.2, 0) is 6.54 Å². The van der Waals surface area contributed by atoms with E-state index >= 15 is 0 Å². The van der Waals surface area contributed by atoms with Crippen molar-refractivity contribution in [3.05, 3.63) is 108 Å². The van der Waals surface area contributed by atoms with Crippen LogP contribution in [0.25, 0.3) is 0 Å². The third kappa shape index (κ3) is 5.64. The lowest BCUT2D eigenvalue weighted by atomic mass is 10.2. The van der Waals surface area contributed by atoms with Crippen LogP contribution in [0.3, 0.4) is 0 Å². The molecule has 0 radical (unpaired) electrons. The summed E-state index contributed by atoms with van der Waals surface area (Å²) in [4.78, 5) is 8.22. The Labute approximate surface area is 159 Å². The zero-order chi connectivity index (χ0) is 18.0. The summed E-state index contributed by atoms with van der Waals surface area (Å²) in [6, 6.07) is 30.9. The highest BCUT2D eigenvalue weighted by atomic mass is 32.2. The predicted octanol–water partition coefficient (Wildman–Crippen LogP) is 6.15. The fourth-order valence-electron chi connectivity index (χ4n) is 2.50. The summed E-state index contributed by atoms with van der Waals surface area (Å²) in [7, 11) is 2.08. The van der Waals surface area contributed by atoms with Gasteiger partial charge in [-0.15, -0.1) is 0 Å². The normalized spacial score (nSPS) is 11.7. The molecule has 2 nitrogen and oxygen atoms in total. The lowest BCUT2D eigenvalue weighted by Crippen LogP contribution is -2.24. The minimum Gasteiger partial charge on any atom is -0.355 e. The van der Waals surface area contributed by atoms with Crippen LogP contribution in [0, 0.1) is 0 Å². The van der Waals surface area contributed by atoms with Crippen molar-refractivity contribution in [2.24, 2.45) is 4.99 Å². The van der Waals surface area contributed by atoms with Gasteiger partial charge in [0, 0.05) is 18.5 Å². The summed E-state index contributed by atoms with van der Waals surface area (Å²) in [5, 5.41) is 2.10. The Balaban J connectivity index is 1.78. The van der Waals surface area contributed by atoms with E-state index in [1.165, 1.54) is 10.5 Å². The summed E-state index contributed by atoms with van der Waals surface area (Å²) in [6.45, 7) is 0.812. The van der Waals surface area contributed by atoms with Crippen LogP contribution >= 0.6 is 11.8 Å². The van der Waals surface area contributed by atoms with Gasteiger partial charge in [-0.1, -0.05) is 78.5 Å². The van der Waals surface area contributed by atoms with Gasteiger partial charge in [0.05, 0.1) is 5.69 Å². The topological polar surface area (TPSA) is 15.6 Å². The van der Waals surface area contributed by atoms with E-state index in [2.05, 4.69) is 72.0 Å². The van der Waals surface area contributed by atoms with Crippen molar-refractivity contribution < 1.29 is 0 Å². The molecule has 0 aliphatic carbocycles. The van der Waals surface area contributed by atoms with Crippen molar-refractivity contribution in [2.75, 3.05) is 7.05 Å². The Morgan fingerprint density at radius 3 is 2.08 bits per heavy atom. The number of hydrogen-bond acceptors (Lipinski definition) is 2. The molecule has 3 aromatic carbocycles. The Kier molecular flexibility index (Phi) is 6.68. The number of benzene rings is 3. The minimum absolute atomic E-state index is 0.812. The number of thioether (sulfide) groups is 1. The molecule has 130 valence electrons. The molecule has 0 aromatic heterocycles. The highest BCUT2D eigenvalue weighted by molar-refractivity contribution is 8.02. The molecule has 0 unspecified atom stereocenters. The number of para-hydroxylation sites is 1. The van der Waals surface area contributed by atoms with E-state index in [1.807, 2.05) is 42.5 Å². The van der Waals surface area contributed by atoms with Crippen molar-refractivity contribution >= 4 is 23.3 Å². The number of amidine groups is 1. The first-order valence-corrected chi connectivity index (χ1v) is 9.46. The van der Waals surface area contributed by atoms with E-state index < -0.39 is 0 Å². The van der Waals surface area contributed by atoms with Crippen molar-refractivity contribution in [1.82, 2.24) is 4.90 Å². The van der Waals surface area contributed by atoms with E-state index in [0.717, 1.165) is 18.1 Å². The third-order valence-electron chi connectivity index (χ3n) is 3.82. The van der Waals surface area contributed by atoms with Crippen LogP contribution < -0.4 is 0 Å². The molecule has 0 aliphatic rings. The second kappa shape index (κ2) is 9.64. The molecular formula is C23H22N2S. The third-order valence-corrected chi connectivity index (χ3v) is 4.63. The van der Waals surface area contributed by atoms with Gasteiger partial charge in [0.2, 0.25) is 0 Å². The largest absolute Gasteiger partial charge is 0.355 e. The van der Waals surface area contributed by atoms with Gasteiger partial charge in [-0.05, 0) is 41.3 Å². The Bertz CT molecular complexity index is 843. The molecule has 0 atom stereocenters. The SMILES string of the molecule is CN(Cc1ccccc1)C(/C=C/Sc1ccccc1)=Nc1ccccc1. The van der Waals surface area contributed by atoms with Crippen LogP contribution in [0.2, 0.25) is 0 Å². The molecule has 0 saturated carbocycles. The maximum Gasteiger partial charge on any atom is 0.129 e. The van der Waals surface area contributed by atoms with Crippen molar-refractivity contribution in [1.29, 1.82) is 0 Å². The lowest BCUT2D eigenvalue weighted by molar-refractivity contribution is 0.503. The predicted molar refractivity (Wildman–Crippen MR) is 113 cm³/mol. The van der Waals surface area contributed by atoms with Crippen LogP contribution in [0.4, 0.5) is 5.69 Å². The molecule has 0 fully saturated rings. The van der Waals surface area contributed by atoms with E-state index in [-0.39, 0.29) is 0 Å². The number of rotatable bonds is 6. The van der Waals surface area contributed by atoms with Gasteiger partial charge in [-0.25, -0.2) is 4.99 Å². The molecule has 0 heterocycles. The van der Waals surface area contributed by atoms with Gasteiger partial charge in [-0.2, -0.15) is 0 Å². The van der Waals surface area contributed by atoms with Gasteiger partial charge in [-0.3, -0.25) is 0 Å². The summed E-state index contributed by atoms with van der Waals surface area (Å²) in [5.41, 5.74) is 2.22. The molecule has 0 N–H and O–H groups in total. The molecule has 3 rings (SSSR count). The summed E-state index contributed by atoms with van der Waals surface area (Å²) >= 11 is 1.69. The lowest BCUT2D eigenvalue weighted by Gasteiger charge is -2.19. The summed E-state index contributed by atoms with van der Waals surface area (Å²) in [5.74, 6) is 0.934. The first-order valence-electron chi connectivity index (χ1n) is 8.58. The van der Waals surface area contributed by atoms with Crippen molar-refractivity contribution in [3.8, 4) is 0 Å². The second-order valence-electron chi connectivity index (χ2n) is 5.88. The van der Waals surface area contributed by atoms with E-state index in [1.54, 1.807) is 11.8 Å². The molecule has 3 aromatic rings. The first kappa shape index (κ1) is 18.0. The van der Waals surface area contributed by atoms with Crippen LogP contribution in [0.5, 0.6) is 0 Å². The average Bonchev–Trinajstić information content (AvgIpc) is 2.69. The first-order chi connectivity index (χ1) is 12.8. The second-order valence-corrected chi connectivity index (χ2v) is 6.86. The van der Waals surface area contributed by atoms with Crippen LogP contribution in [-0.4, -0.2) is 17.8 Å². The highest BCUT2D eigenvalue weighted by Gasteiger charge is 2.05. The number of hydrogen-bond donors (Lipinski definition) is 0. The standard InChI is InChI=1S/C23H22N2S/c1-25(19-20-11-5-2-6-12-20)23(24-21-13-7-3-8-14-21)17-18-26-22-15-9-4-10-16-22/h2-18H,19H2,1H3/b18-17+,24-23?. The highest BCUT2D eigenvalue weighted by Crippen LogP contribution is 2.19. The van der Waals surface area contributed by atoms with Gasteiger partial charge < -0.3 is 4.90 Å². The number of aliphatic imine (C=N–C) groups is 1. The molecule has 3 heteroatoms.